The lowest BCUT2D eigenvalue weighted by Gasteiger charge is -2.26. The third-order valence-corrected chi connectivity index (χ3v) is 5.39. The van der Waals surface area contributed by atoms with Crippen molar-refractivity contribution in [1.29, 1.82) is 0 Å². The van der Waals surface area contributed by atoms with Crippen molar-refractivity contribution >= 4 is 22.0 Å². The minimum atomic E-state index is -4.05. The van der Waals surface area contributed by atoms with Gasteiger partial charge < -0.3 is 9.47 Å². The van der Waals surface area contributed by atoms with Gasteiger partial charge in [0, 0.05) is 18.9 Å². The van der Waals surface area contributed by atoms with Crippen LogP contribution in [0.1, 0.15) is 32.3 Å². The first kappa shape index (κ1) is 17.5. The lowest BCUT2D eigenvalue weighted by atomic mass is 10.2. The summed E-state index contributed by atoms with van der Waals surface area (Å²) in [6.07, 6.45) is 0.961. The van der Waals surface area contributed by atoms with Crippen LogP contribution < -0.4 is 4.74 Å². The molecular weight excluding hydrogens is 318 g/mol. The molecule has 126 valence electrons. The predicted molar refractivity (Wildman–Crippen MR) is 86.4 cm³/mol. The fourth-order valence-electron chi connectivity index (χ4n) is 2.50. The maximum Gasteiger partial charge on any atom is 0.269 e. The topological polar surface area (TPSA) is 72.9 Å². The Labute approximate surface area is 136 Å². The third-order valence-electron chi connectivity index (χ3n) is 3.52. The Kier molecular flexibility index (Phi) is 5.11. The number of carbonyl (C=O) groups is 1. The maximum absolute atomic E-state index is 13.0. The molecule has 1 saturated heterocycles. The number of amides is 1. The summed E-state index contributed by atoms with van der Waals surface area (Å²) in [6.45, 7) is 7.23. The lowest BCUT2D eigenvalue weighted by molar-refractivity contribution is -0.129. The number of sulfonamides is 1. The summed E-state index contributed by atoms with van der Waals surface area (Å²) in [6, 6.07) is 4.63. The van der Waals surface area contributed by atoms with Gasteiger partial charge in [-0.3, -0.25) is 4.79 Å². The number of methoxy groups -OCH3 is 1. The second-order valence-corrected chi connectivity index (χ2v) is 7.26. The van der Waals surface area contributed by atoms with Gasteiger partial charge in [0.05, 0.1) is 18.1 Å². The molecule has 0 aliphatic carbocycles. The Morgan fingerprint density at radius 2 is 2.09 bits per heavy atom. The molecule has 23 heavy (non-hydrogen) atoms. The molecule has 1 unspecified atom stereocenters. The van der Waals surface area contributed by atoms with Gasteiger partial charge in [-0.2, -0.15) is 0 Å². The molecule has 6 nitrogen and oxygen atoms in total. The lowest BCUT2D eigenvalue weighted by Crippen LogP contribution is -2.41. The zero-order chi connectivity index (χ0) is 17.2. The van der Waals surface area contributed by atoms with Gasteiger partial charge in [0.15, 0.2) is 0 Å². The molecular formula is C16H21NO5S. The van der Waals surface area contributed by atoms with Crippen LogP contribution in [0.2, 0.25) is 0 Å². The summed E-state index contributed by atoms with van der Waals surface area (Å²) in [5.74, 6) is -0.0735. The first-order valence-electron chi connectivity index (χ1n) is 7.34. The second-order valence-electron chi connectivity index (χ2n) is 5.48. The molecule has 1 aliphatic heterocycles. The van der Waals surface area contributed by atoms with E-state index in [1.54, 1.807) is 26.0 Å². The number of benzene rings is 1. The van der Waals surface area contributed by atoms with E-state index in [0.29, 0.717) is 17.7 Å². The fraction of sp³-hybridized carbons (Fsp3) is 0.438. The molecule has 1 amide bonds. The number of ether oxygens (including phenoxy) is 2. The van der Waals surface area contributed by atoms with Crippen molar-refractivity contribution in [2.45, 2.75) is 43.9 Å². The van der Waals surface area contributed by atoms with Gasteiger partial charge >= 0.3 is 0 Å². The van der Waals surface area contributed by atoms with Crippen LogP contribution in [0.3, 0.4) is 0 Å². The Balaban J connectivity index is 2.52. The zero-order valence-corrected chi connectivity index (χ0v) is 14.3. The molecule has 0 spiro atoms. The van der Waals surface area contributed by atoms with Crippen molar-refractivity contribution < 1.29 is 22.7 Å². The van der Waals surface area contributed by atoms with Gasteiger partial charge in [-0.15, -0.1) is 0 Å². The van der Waals surface area contributed by atoms with Crippen LogP contribution in [0.5, 0.6) is 5.75 Å². The summed E-state index contributed by atoms with van der Waals surface area (Å²) >= 11 is 0. The molecule has 1 aliphatic rings. The molecule has 0 saturated carbocycles. The SMILES string of the molecule is C=Cc1ccc(OC)cc1S(=O)(=O)N1C(=O)CCC1OC(C)C. The molecule has 0 aromatic heterocycles. The largest absolute Gasteiger partial charge is 0.497 e. The van der Waals surface area contributed by atoms with Crippen LogP contribution in [0.15, 0.2) is 29.7 Å². The van der Waals surface area contributed by atoms with E-state index in [1.165, 1.54) is 19.3 Å². The highest BCUT2D eigenvalue weighted by molar-refractivity contribution is 7.89. The molecule has 1 aromatic rings. The minimum absolute atomic E-state index is 0.0144. The number of nitrogens with zero attached hydrogens (tertiary/aromatic N) is 1. The van der Waals surface area contributed by atoms with Crippen LogP contribution in [0.25, 0.3) is 6.08 Å². The van der Waals surface area contributed by atoms with Crippen molar-refractivity contribution in [3.05, 3.63) is 30.3 Å². The van der Waals surface area contributed by atoms with Crippen molar-refractivity contribution in [3.8, 4) is 5.75 Å². The fourth-order valence-corrected chi connectivity index (χ4v) is 4.25. The second kappa shape index (κ2) is 6.72. The number of hydrogen-bond acceptors (Lipinski definition) is 5. The molecule has 1 atom stereocenters. The van der Waals surface area contributed by atoms with E-state index in [1.807, 2.05) is 0 Å². The van der Waals surface area contributed by atoms with Crippen molar-refractivity contribution in [3.63, 3.8) is 0 Å². The van der Waals surface area contributed by atoms with Crippen molar-refractivity contribution in [2.75, 3.05) is 7.11 Å². The Hall–Kier alpha value is -1.86. The normalized spacial score (nSPS) is 18.5. The molecule has 0 radical (unpaired) electrons. The van der Waals surface area contributed by atoms with Crippen LogP contribution in [0, 0.1) is 0 Å². The zero-order valence-electron chi connectivity index (χ0n) is 13.5. The Morgan fingerprint density at radius 1 is 1.39 bits per heavy atom. The van der Waals surface area contributed by atoms with E-state index in [9.17, 15) is 13.2 Å². The van der Waals surface area contributed by atoms with Crippen LogP contribution in [0.4, 0.5) is 0 Å². The molecule has 0 bridgehead atoms. The minimum Gasteiger partial charge on any atom is -0.497 e. The number of carbonyl (C=O) groups excluding carboxylic acids is 1. The maximum atomic E-state index is 13.0. The monoisotopic (exact) mass is 339 g/mol. The molecule has 0 N–H and O–H groups in total. The Bertz CT molecular complexity index is 711. The average molecular weight is 339 g/mol. The van der Waals surface area contributed by atoms with Crippen molar-refractivity contribution in [1.82, 2.24) is 4.31 Å². The third kappa shape index (κ3) is 3.40. The quantitative estimate of drug-likeness (QED) is 0.796. The van der Waals surface area contributed by atoms with E-state index >= 15 is 0 Å². The molecule has 1 heterocycles. The van der Waals surface area contributed by atoms with Crippen molar-refractivity contribution in [2.24, 2.45) is 0 Å². The molecule has 1 fully saturated rings. The smallest absolute Gasteiger partial charge is 0.269 e. The highest BCUT2D eigenvalue weighted by Gasteiger charge is 2.42. The molecule has 2 rings (SSSR count). The van der Waals surface area contributed by atoms with Gasteiger partial charge in [-0.05, 0) is 31.5 Å². The summed E-state index contributed by atoms with van der Waals surface area (Å²) in [4.78, 5) is 12.1. The number of hydrogen-bond donors (Lipinski definition) is 0. The number of rotatable bonds is 6. The van der Waals surface area contributed by atoms with E-state index in [-0.39, 0.29) is 17.4 Å². The van der Waals surface area contributed by atoms with Crippen LogP contribution in [-0.2, 0) is 19.6 Å². The van der Waals surface area contributed by atoms with E-state index < -0.39 is 22.2 Å². The Morgan fingerprint density at radius 3 is 2.65 bits per heavy atom. The van der Waals surface area contributed by atoms with Gasteiger partial charge in [0.1, 0.15) is 12.0 Å². The van der Waals surface area contributed by atoms with Gasteiger partial charge in [0.25, 0.3) is 10.0 Å². The summed E-state index contributed by atoms with van der Waals surface area (Å²) in [7, 11) is -2.60. The van der Waals surface area contributed by atoms with Gasteiger partial charge in [-0.1, -0.05) is 12.7 Å². The van der Waals surface area contributed by atoms with Gasteiger partial charge in [-0.25, -0.2) is 12.7 Å². The molecule has 7 heteroatoms. The van der Waals surface area contributed by atoms with E-state index in [0.717, 1.165) is 4.31 Å². The standard InChI is InChI=1S/C16H21NO5S/c1-5-12-6-7-13(21-4)10-14(12)23(19,20)17-15(18)8-9-16(17)22-11(2)3/h5-7,10-11,16H,1,8-9H2,2-4H3. The van der Waals surface area contributed by atoms with E-state index in [2.05, 4.69) is 6.58 Å². The highest BCUT2D eigenvalue weighted by Crippen LogP contribution is 2.32. The van der Waals surface area contributed by atoms with Gasteiger partial charge in [0.2, 0.25) is 5.91 Å². The first-order chi connectivity index (χ1) is 10.8. The summed E-state index contributed by atoms with van der Waals surface area (Å²) in [5.41, 5.74) is 0.411. The van der Waals surface area contributed by atoms with E-state index in [4.69, 9.17) is 9.47 Å². The molecule has 1 aromatic carbocycles. The first-order valence-corrected chi connectivity index (χ1v) is 8.78. The van der Waals surface area contributed by atoms with Crippen LogP contribution in [-0.4, -0.2) is 38.1 Å². The predicted octanol–water partition coefficient (Wildman–Crippen LogP) is 2.40. The van der Waals surface area contributed by atoms with Crippen LogP contribution >= 0.6 is 0 Å². The highest BCUT2D eigenvalue weighted by atomic mass is 32.2. The summed E-state index contributed by atoms with van der Waals surface area (Å²) < 4.78 is 37.6. The summed E-state index contributed by atoms with van der Waals surface area (Å²) in [5, 5.41) is 0. The average Bonchev–Trinajstić information content (AvgIpc) is 2.87.